The highest BCUT2D eigenvalue weighted by molar-refractivity contribution is 6.08. The molecule has 4 aromatic carbocycles. The lowest BCUT2D eigenvalue weighted by molar-refractivity contribution is 0.0732. The number of nitrogens with zero attached hydrogens (tertiary/aromatic N) is 1. The second-order valence-electron chi connectivity index (χ2n) is 8.52. The minimum atomic E-state index is -0.0721. The second-order valence-corrected chi connectivity index (χ2v) is 8.52. The zero-order chi connectivity index (χ0) is 25.7. The first-order valence-electron chi connectivity index (χ1n) is 11.7. The minimum absolute atomic E-state index is 0.0721. The summed E-state index contributed by atoms with van der Waals surface area (Å²) in [6.07, 6.45) is 0. The molecule has 186 valence electrons. The molecule has 6 heteroatoms. The Balaban J connectivity index is 1.76. The van der Waals surface area contributed by atoms with Crippen LogP contribution in [0.2, 0.25) is 0 Å². The van der Waals surface area contributed by atoms with Crippen molar-refractivity contribution in [1.29, 1.82) is 0 Å². The molecule has 1 amide bonds. The molecule has 0 spiro atoms. The van der Waals surface area contributed by atoms with Crippen LogP contribution in [0.25, 0.3) is 10.8 Å². The SMILES string of the molecule is COc1ccc(CN(Cc2ccc(OC)c(OC)c2)C(=O)c2ccc(OC)c3ccccc23)cc1C. The summed E-state index contributed by atoms with van der Waals surface area (Å²) in [5.41, 5.74) is 3.59. The summed E-state index contributed by atoms with van der Waals surface area (Å²) in [7, 11) is 6.50. The van der Waals surface area contributed by atoms with Crippen molar-refractivity contribution in [3.05, 3.63) is 95.1 Å². The third-order valence-corrected chi connectivity index (χ3v) is 6.28. The van der Waals surface area contributed by atoms with Crippen LogP contribution >= 0.6 is 0 Å². The molecular formula is C30H31NO5. The monoisotopic (exact) mass is 485 g/mol. The number of ether oxygens (including phenoxy) is 4. The number of fused-ring (bicyclic) bond motifs is 1. The van der Waals surface area contributed by atoms with E-state index in [1.54, 1.807) is 28.4 Å². The fourth-order valence-corrected chi connectivity index (χ4v) is 4.46. The normalized spacial score (nSPS) is 10.7. The van der Waals surface area contributed by atoms with Crippen molar-refractivity contribution in [2.75, 3.05) is 28.4 Å². The van der Waals surface area contributed by atoms with Gasteiger partial charge in [-0.05, 0) is 59.3 Å². The molecule has 0 aliphatic heterocycles. The summed E-state index contributed by atoms with van der Waals surface area (Å²) in [6.45, 7) is 2.82. The Morgan fingerprint density at radius 2 is 1.19 bits per heavy atom. The number of hydrogen-bond acceptors (Lipinski definition) is 5. The molecule has 0 bridgehead atoms. The molecular weight excluding hydrogens is 454 g/mol. The van der Waals surface area contributed by atoms with E-state index in [4.69, 9.17) is 18.9 Å². The van der Waals surface area contributed by atoms with Gasteiger partial charge in [-0.15, -0.1) is 0 Å². The van der Waals surface area contributed by atoms with Gasteiger partial charge in [0, 0.05) is 24.0 Å². The zero-order valence-corrected chi connectivity index (χ0v) is 21.3. The largest absolute Gasteiger partial charge is 0.496 e. The van der Waals surface area contributed by atoms with Crippen LogP contribution in [0.1, 0.15) is 27.0 Å². The lowest BCUT2D eigenvalue weighted by atomic mass is 10.0. The molecule has 0 aromatic heterocycles. The Morgan fingerprint density at radius 3 is 1.81 bits per heavy atom. The van der Waals surface area contributed by atoms with Gasteiger partial charge >= 0.3 is 0 Å². The van der Waals surface area contributed by atoms with Crippen molar-refractivity contribution in [2.45, 2.75) is 20.0 Å². The molecule has 0 unspecified atom stereocenters. The number of aryl methyl sites for hydroxylation is 1. The smallest absolute Gasteiger partial charge is 0.255 e. The molecule has 0 heterocycles. The number of hydrogen-bond donors (Lipinski definition) is 0. The lowest BCUT2D eigenvalue weighted by Gasteiger charge is -2.25. The van der Waals surface area contributed by atoms with Gasteiger partial charge in [-0.25, -0.2) is 0 Å². The molecule has 36 heavy (non-hydrogen) atoms. The summed E-state index contributed by atoms with van der Waals surface area (Å²) in [4.78, 5) is 15.9. The van der Waals surface area contributed by atoms with E-state index >= 15 is 0 Å². The van der Waals surface area contributed by atoms with Gasteiger partial charge in [-0.1, -0.05) is 42.5 Å². The molecule has 0 aliphatic rings. The van der Waals surface area contributed by atoms with Crippen molar-refractivity contribution in [3.8, 4) is 23.0 Å². The fraction of sp³-hybridized carbons (Fsp3) is 0.233. The van der Waals surface area contributed by atoms with Gasteiger partial charge in [0.1, 0.15) is 11.5 Å². The van der Waals surface area contributed by atoms with Crippen molar-refractivity contribution >= 4 is 16.7 Å². The van der Waals surface area contributed by atoms with E-state index in [-0.39, 0.29) is 5.91 Å². The van der Waals surface area contributed by atoms with Crippen molar-refractivity contribution in [2.24, 2.45) is 0 Å². The van der Waals surface area contributed by atoms with Gasteiger partial charge in [0.05, 0.1) is 28.4 Å². The van der Waals surface area contributed by atoms with Gasteiger partial charge in [0.25, 0.3) is 5.91 Å². The Morgan fingerprint density at radius 1 is 0.639 bits per heavy atom. The molecule has 4 aromatic rings. The molecule has 0 N–H and O–H groups in total. The second kappa shape index (κ2) is 11.0. The van der Waals surface area contributed by atoms with E-state index in [9.17, 15) is 4.79 Å². The van der Waals surface area contributed by atoms with Gasteiger partial charge in [0.15, 0.2) is 11.5 Å². The number of benzene rings is 4. The average Bonchev–Trinajstić information content (AvgIpc) is 2.91. The molecule has 0 radical (unpaired) electrons. The Kier molecular flexibility index (Phi) is 7.64. The molecule has 4 rings (SSSR count). The molecule has 0 atom stereocenters. The average molecular weight is 486 g/mol. The van der Waals surface area contributed by atoms with Gasteiger partial charge < -0.3 is 23.8 Å². The van der Waals surface area contributed by atoms with E-state index in [0.29, 0.717) is 30.2 Å². The summed E-state index contributed by atoms with van der Waals surface area (Å²) < 4.78 is 21.8. The highest BCUT2D eigenvalue weighted by Crippen LogP contribution is 2.31. The topological polar surface area (TPSA) is 57.2 Å². The summed E-state index contributed by atoms with van der Waals surface area (Å²) in [5, 5.41) is 1.75. The number of rotatable bonds is 9. The van der Waals surface area contributed by atoms with Crippen LogP contribution in [0.15, 0.2) is 72.8 Å². The third kappa shape index (κ3) is 5.08. The van der Waals surface area contributed by atoms with E-state index < -0.39 is 0 Å². The van der Waals surface area contributed by atoms with Crippen LogP contribution in [-0.4, -0.2) is 39.2 Å². The highest BCUT2D eigenvalue weighted by Gasteiger charge is 2.21. The molecule has 0 saturated heterocycles. The maximum atomic E-state index is 14.1. The number of carbonyl (C=O) groups excluding carboxylic acids is 1. The maximum Gasteiger partial charge on any atom is 0.255 e. The first-order valence-corrected chi connectivity index (χ1v) is 11.7. The summed E-state index contributed by atoms with van der Waals surface area (Å²) in [5.74, 6) is 2.75. The first-order chi connectivity index (χ1) is 17.5. The molecule has 6 nitrogen and oxygen atoms in total. The quantitative estimate of drug-likeness (QED) is 0.290. The number of methoxy groups -OCH3 is 4. The maximum absolute atomic E-state index is 14.1. The Bertz CT molecular complexity index is 1380. The van der Waals surface area contributed by atoms with E-state index in [1.165, 1.54) is 0 Å². The third-order valence-electron chi connectivity index (χ3n) is 6.28. The Hall–Kier alpha value is -4.19. The van der Waals surface area contributed by atoms with Crippen LogP contribution < -0.4 is 18.9 Å². The Labute approximate surface area is 212 Å². The van der Waals surface area contributed by atoms with Crippen molar-refractivity contribution in [1.82, 2.24) is 4.90 Å². The van der Waals surface area contributed by atoms with Gasteiger partial charge in [0.2, 0.25) is 0 Å². The van der Waals surface area contributed by atoms with Gasteiger partial charge in [-0.2, -0.15) is 0 Å². The van der Waals surface area contributed by atoms with Crippen LogP contribution in [0.5, 0.6) is 23.0 Å². The molecule has 0 saturated carbocycles. The lowest BCUT2D eigenvalue weighted by Crippen LogP contribution is -2.30. The summed E-state index contributed by atoms with van der Waals surface area (Å²) >= 11 is 0. The van der Waals surface area contributed by atoms with Gasteiger partial charge in [-0.3, -0.25) is 4.79 Å². The zero-order valence-electron chi connectivity index (χ0n) is 21.3. The van der Waals surface area contributed by atoms with Crippen molar-refractivity contribution in [3.63, 3.8) is 0 Å². The van der Waals surface area contributed by atoms with E-state index in [1.807, 2.05) is 78.6 Å². The number of amides is 1. The summed E-state index contributed by atoms with van der Waals surface area (Å²) in [6, 6.07) is 23.2. The van der Waals surface area contributed by atoms with E-state index in [2.05, 4.69) is 6.07 Å². The van der Waals surface area contributed by atoms with Crippen LogP contribution in [-0.2, 0) is 13.1 Å². The molecule has 0 aliphatic carbocycles. The van der Waals surface area contributed by atoms with Crippen LogP contribution in [0.4, 0.5) is 0 Å². The van der Waals surface area contributed by atoms with Crippen LogP contribution in [0.3, 0.4) is 0 Å². The molecule has 0 fully saturated rings. The standard InChI is InChI=1S/C30H31NO5/c1-20-16-21(10-13-26(20)33-2)18-31(19-22-11-14-28(35-4)29(17-22)36-5)30(32)25-12-15-27(34-3)24-9-7-6-8-23(24)25/h6-17H,18-19H2,1-5H3. The first kappa shape index (κ1) is 24.9. The predicted octanol–water partition coefficient (Wildman–Crippen LogP) is 6.03. The fourth-order valence-electron chi connectivity index (χ4n) is 4.46. The van der Waals surface area contributed by atoms with Crippen LogP contribution in [0, 0.1) is 6.92 Å². The van der Waals surface area contributed by atoms with Crippen molar-refractivity contribution < 1.29 is 23.7 Å². The highest BCUT2D eigenvalue weighted by atomic mass is 16.5. The minimum Gasteiger partial charge on any atom is -0.496 e. The van der Waals surface area contributed by atoms with E-state index in [0.717, 1.165) is 39.0 Å². The number of carbonyl (C=O) groups is 1. The predicted molar refractivity (Wildman–Crippen MR) is 141 cm³/mol.